The van der Waals surface area contributed by atoms with Crippen LogP contribution in [0.2, 0.25) is 0 Å². The number of carbonyl (C=O) groups is 3. The topological polar surface area (TPSA) is 177 Å². The zero-order valence-electron chi connectivity index (χ0n) is 21.6. The van der Waals surface area contributed by atoms with E-state index in [1.54, 1.807) is 18.5 Å². The van der Waals surface area contributed by atoms with Gasteiger partial charge in [-0.1, -0.05) is 25.6 Å². The first-order chi connectivity index (χ1) is 17.4. The molecular weight excluding hydrogens is 572 g/mol. The standard InChI is InChI=1S/C21H29BrN4O8S.C2H6/c1-10(27)16(23)8-26(24)18-19(32-12(3)29)17(9-31-11(2)28)34-21(20(18)33-13(4)30)35-15-5-14(22)6-25-7-15;1-2/h5-8,10,17-21,27H,9,23-24H2,1-4H3;1-2H3/b16-8-;. The number of hydrogen-bond donors (Lipinski definition) is 3. The van der Waals surface area contributed by atoms with Crippen LogP contribution in [-0.4, -0.2) is 75.5 Å². The van der Waals surface area contributed by atoms with Gasteiger partial charge in [0, 0.05) is 48.7 Å². The second kappa shape index (κ2) is 15.8. The lowest BCUT2D eigenvalue weighted by Gasteiger charge is -2.47. The second-order valence-electron chi connectivity index (χ2n) is 7.69. The molecule has 5 N–H and O–H groups in total. The summed E-state index contributed by atoms with van der Waals surface area (Å²) in [7, 11) is 0. The minimum absolute atomic E-state index is 0.0130. The fraction of sp³-hybridized carbons (Fsp3) is 0.565. The molecule has 37 heavy (non-hydrogen) atoms. The van der Waals surface area contributed by atoms with Gasteiger partial charge in [-0.2, -0.15) is 0 Å². The first-order valence-corrected chi connectivity index (χ1v) is 13.1. The molecule has 6 unspecified atom stereocenters. The number of thioether (sulfide) groups is 1. The number of halogens is 1. The van der Waals surface area contributed by atoms with Crippen molar-refractivity contribution in [1.82, 2.24) is 9.99 Å². The summed E-state index contributed by atoms with van der Waals surface area (Å²) in [5.41, 5.74) is 5.00. The highest BCUT2D eigenvalue weighted by Gasteiger charge is 2.52. The second-order valence-corrected chi connectivity index (χ2v) is 9.78. The quantitative estimate of drug-likeness (QED) is 0.161. The number of aromatic nitrogens is 1. The molecule has 2 rings (SSSR count). The van der Waals surface area contributed by atoms with E-state index in [2.05, 4.69) is 20.9 Å². The Hall–Kier alpha value is -2.39. The molecule has 1 fully saturated rings. The van der Waals surface area contributed by atoms with Crippen molar-refractivity contribution >= 4 is 45.6 Å². The molecule has 1 aliphatic heterocycles. The van der Waals surface area contributed by atoms with Gasteiger partial charge >= 0.3 is 17.9 Å². The molecule has 1 saturated heterocycles. The smallest absolute Gasteiger partial charge is 0.303 e. The Morgan fingerprint density at radius 1 is 1.19 bits per heavy atom. The number of esters is 3. The molecule has 1 aromatic rings. The average Bonchev–Trinajstić information content (AvgIpc) is 2.80. The Labute approximate surface area is 229 Å². The van der Waals surface area contributed by atoms with Crippen molar-refractivity contribution < 1.29 is 38.4 Å². The van der Waals surface area contributed by atoms with E-state index in [0.29, 0.717) is 9.37 Å². The highest BCUT2D eigenvalue weighted by atomic mass is 79.9. The minimum Gasteiger partial charge on any atom is -0.463 e. The largest absolute Gasteiger partial charge is 0.463 e. The Morgan fingerprint density at radius 3 is 2.30 bits per heavy atom. The van der Waals surface area contributed by atoms with Gasteiger partial charge in [0.25, 0.3) is 0 Å². The van der Waals surface area contributed by atoms with Crippen LogP contribution in [0.3, 0.4) is 0 Å². The molecule has 208 valence electrons. The molecule has 1 aromatic heterocycles. The van der Waals surface area contributed by atoms with Crippen molar-refractivity contribution in [2.24, 2.45) is 11.6 Å². The molecule has 14 heteroatoms. The minimum atomic E-state index is -1.14. The summed E-state index contributed by atoms with van der Waals surface area (Å²) in [5, 5.41) is 10.9. The fourth-order valence-electron chi connectivity index (χ4n) is 3.27. The molecule has 0 amide bonds. The van der Waals surface area contributed by atoms with Crippen LogP contribution in [0, 0.1) is 0 Å². The zero-order chi connectivity index (χ0) is 28.3. The van der Waals surface area contributed by atoms with Crippen LogP contribution < -0.4 is 11.6 Å². The number of nitrogens with two attached hydrogens (primary N) is 2. The first-order valence-electron chi connectivity index (χ1n) is 11.5. The van der Waals surface area contributed by atoms with E-state index in [1.165, 1.54) is 45.7 Å². The number of hydrogen-bond acceptors (Lipinski definition) is 13. The number of aliphatic hydroxyl groups excluding tert-OH is 1. The predicted molar refractivity (Wildman–Crippen MR) is 139 cm³/mol. The van der Waals surface area contributed by atoms with Crippen LogP contribution in [0.15, 0.2) is 39.7 Å². The summed E-state index contributed by atoms with van der Waals surface area (Å²) >= 11 is 4.53. The van der Waals surface area contributed by atoms with E-state index < -0.39 is 53.8 Å². The highest BCUT2D eigenvalue weighted by molar-refractivity contribution is 9.10. The lowest BCUT2D eigenvalue weighted by molar-refractivity contribution is -0.215. The summed E-state index contributed by atoms with van der Waals surface area (Å²) < 4.78 is 23.1. The normalized spacial score (nSPS) is 24.1. The van der Waals surface area contributed by atoms with E-state index in [0.717, 1.165) is 5.01 Å². The number of hydrazine groups is 1. The van der Waals surface area contributed by atoms with Gasteiger partial charge in [0.1, 0.15) is 24.2 Å². The Morgan fingerprint density at radius 2 is 1.78 bits per heavy atom. The van der Waals surface area contributed by atoms with Crippen LogP contribution in [0.5, 0.6) is 0 Å². The van der Waals surface area contributed by atoms with Gasteiger partial charge in [-0.3, -0.25) is 19.4 Å². The molecule has 12 nitrogen and oxygen atoms in total. The van der Waals surface area contributed by atoms with Crippen LogP contribution in [-0.2, 0) is 33.3 Å². The molecule has 0 aromatic carbocycles. The highest BCUT2D eigenvalue weighted by Crippen LogP contribution is 2.38. The number of nitrogens with zero attached hydrogens (tertiary/aromatic N) is 2. The van der Waals surface area contributed by atoms with Gasteiger partial charge in [-0.15, -0.1) is 0 Å². The van der Waals surface area contributed by atoms with Gasteiger partial charge in [-0.25, -0.2) is 5.84 Å². The van der Waals surface area contributed by atoms with E-state index >= 15 is 0 Å². The van der Waals surface area contributed by atoms with Crippen molar-refractivity contribution in [3.05, 3.63) is 34.8 Å². The van der Waals surface area contributed by atoms with Gasteiger partial charge in [0.05, 0.1) is 11.8 Å². The monoisotopic (exact) mass is 606 g/mol. The molecule has 0 aliphatic carbocycles. The van der Waals surface area contributed by atoms with Crippen LogP contribution >= 0.6 is 27.7 Å². The van der Waals surface area contributed by atoms with Crippen molar-refractivity contribution in [3.8, 4) is 0 Å². The summed E-state index contributed by atoms with van der Waals surface area (Å²) in [4.78, 5) is 40.3. The van der Waals surface area contributed by atoms with Crippen molar-refractivity contribution in [2.45, 2.75) is 82.3 Å². The molecule has 0 spiro atoms. The third-order valence-corrected chi connectivity index (χ3v) is 6.27. The number of pyridine rings is 1. The Kier molecular flexibility index (Phi) is 13.9. The van der Waals surface area contributed by atoms with E-state index in [9.17, 15) is 19.5 Å². The van der Waals surface area contributed by atoms with Gasteiger partial charge in [0.2, 0.25) is 0 Å². The maximum absolute atomic E-state index is 12.1. The molecule has 1 aliphatic rings. The van der Waals surface area contributed by atoms with Crippen LogP contribution in [0.1, 0.15) is 41.5 Å². The summed E-state index contributed by atoms with van der Waals surface area (Å²) in [6.07, 6.45) is 0.194. The number of carbonyl (C=O) groups excluding carboxylic acids is 3. The third kappa shape index (κ3) is 10.5. The summed E-state index contributed by atoms with van der Waals surface area (Å²) in [5.74, 6) is 4.43. The van der Waals surface area contributed by atoms with Gasteiger partial charge in [0.15, 0.2) is 12.2 Å². The number of rotatable bonds is 9. The fourth-order valence-corrected chi connectivity index (χ4v) is 4.92. The molecule has 0 bridgehead atoms. The Balaban J connectivity index is 0.00000334. The molecule has 0 radical (unpaired) electrons. The van der Waals surface area contributed by atoms with Crippen LogP contribution in [0.25, 0.3) is 0 Å². The molecular formula is C23H35BrN4O8S. The number of aliphatic hydroxyl groups is 1. The van der Waals surface area contributed by atoms with Crippen molar-refractivity contribution in [1.29, 1.82) is 0 Å². The maximum Gasteiger partial charge on any atom is 0.303 e. The molecule has 6 atom stereocenters. The SMILES string of the molecule is CC.CC(=O)OCC1OC(Sc2cncc(Br)c2)C(OC(C)=O)C(N(N)/C=C(\N)C(C)O)C1OC(C)=O. The average molecular weight is 608 g/mol. The predicted octanol–water partition coefficient (Wildman–Crippen LogP) is 1.84. The van der Waals surface area contributed by atoms with Gasteiger partial charge < -0.3 is 34.8 Å². The van der Waals surface area contributed by atoms with Gasteiger partial charge in [-0.05, 0) is 28.9 Å². The lowest BCUT2D eigenvalue weighted by Crippen LogP contribution is -2.66. The van der Waals surface area contributed by atoms with E-state index in [-0.39, 0.29) is 12.3 Å². The molecule has 2 heterocycles. The maximum atomic E-state index is 12.1. The first kappa shape index (κ1) is 32.6. The van der Waals surface area contributed by atoms with Crippen molar-refractivity contribution in [2.75, 3.05) is 6.61 Å². The van der Waals surface area contributed by atoms with E-state index in [1.807, 2.05) is 13.8 Å². The summed E-state index contributed by atoms with van der Waals surface area (Å²) in [6, 6.07) is 0.748. The zero-order valence-corrected chi connectivity index (χ0v) is 24.0. The lowest BCUT2D eigenvalue weighted by atomic mass is 9.96. The third-order valence-electron chi connectivity index (χ3n) is 4.73. The van der Waals surface area contributed by atoms with Crippen molar-refractivity contribution in [3.63, 3.8) is 0 Å². The summed E-state index contributed by atoms with van der Waals surface area (Å²) in [6.45, 7) is 8.80. The Bertz CT molecular complexity index is 951. The van der Waals surface area contributed by atoms with E-state index in [4.69, 9.17) is 30.5 Å². The van der Waals surface area contributed by atoms with Crippen LogP contribution in [0.4, 0.5) is 0 Å². The number of ether oxygens (including phenoxy) is 4. The molecule has 0 saturated carbocycles.